The SMILES string of the molecule is NC(=O)[C@@H](NC(=O)c1nn(-c2ccc(F)cc2F)c2c1C[C@H]1C[C@@H]21)c1ccccc1. The highest BCUT2D eigenvalue weighted by Gasteiger charge is 2.50. The zero-order chi connectivity index (χ0) is 21.0. The highest BCUT2D eigenvalue weighted by atomic mass is 19.1. The number of carbonyl (C=O) groups is 2. The molecule has 0 unspecified atom stereocenters. The molecule has 3 aromatic rings. The second-order valence-electron chi connectivity index (χ2n) is 7.75. The number of carbonyl (C=O) groups excluding carboxylic acids is 2. The van der Waals surface area contributed by atoms with Gasteiger partial charge in [0.25, 0.3) is 5.91 Å². The summed E-state index contributed by atoms with van der Waals surface area (Å²) in [6.07, 6.45) is 1.62. The molecule has 30 heavy (non-hydrogen) atoms. The topological polar surface area (TPSA) is 90.0 Å². The van der Waals surface area contributed by atoms with E-state index in [-0.39, 0.29) is 17.3 Å². The van der Waals surface area contributed by atoms with Gasteiger partial charge in [-0.1, -0.05) is 30.3 Å². The van der Waals surface area contributed by atoms with Crippen LogP contribution in [0, 0.1) is 17.6 Å². The fourth-order valence-electron chi connectivity index (χ4n) is 4.30. The average Bonchev–Trinajstić information content (AvgIpc) is 3.22. The number of primary amides is 1. The number of aromatic nitrogens is 2. The van der Waals surface area contributed by atoms with Crippen molar-refractivity contribution in [2.75, 3.05) is 0 Å². The number of hydrogen-bond donors (Lipinski definition) is 2. The Labute approximate surface area is 170 Å². The minimum absolute atomic E-state index is 0.0914. The van der Waals surface area contributed by atoms with E-state index >= 15 is 0 Å². The number of nitrogens with two attached hydrogens (primary N) is 1. The zero-order valence-corrected chi connectivity index (χ0v) is 15.8. The molecule has 1 saturated carbocycles. The summed E-state index contributed by atoms with van der Waals surface area (Å²) >= 11 is 0. The molecule has 152 valence electrons. The highest BCUT2D eigenvalue weighted by molar-refractivity contribution is 5.97. The van der Waals surface area contributed by atoms with Gasteiger partial charge >= 0.3 is 0 Å². The minimum Gasteiger partial charge on any atom is -0.368 e. The number of benzene rings is 2. The quantitative estimate of drug-likeness (QED) is 0.680. The molecule has 0 radical (unpaired) electrons. The lowest BCUT2D eigenvalue weighted by Gasteiger charge is -2.15. The Balaban J connectivity index is 1.53. The Hall–Kier alpha value is -3.55. The van der Waals surface area contributed by atoms with Gasteiger partial charge in [-0.3, -0.25) is 9.59 Å². The molecule has 0 spiro atoms. The van der Waals surface area contributed by atoms with Crippen molar-refractivity contribution in [3.8, 4) is 5.69 Å². The highest BCUT2D eigenvalue weighted by Crippen LogP contribution is 2.57. The summed E-state index contributed by atoms with van der Waals surface area (Å²) in [5, 5.41) is 7.02. The van der Waals surface area contributed by atoms with Crippen LogP contribution in [0.1, 0.15) is 45.7 Å². The van der Waals surface area contributed by atoms with Gasteiger partial charge in [-0.2, -0.15) is 5.10 Å². The summed E-state index contributed by atoms with van der Waals surface area (Å²) in [7, 11) is 0. The maximum atomic E-state index is 14.4. The van der Waals surface area contributed by atoms with E-state index in [0.717, 1.165) is 29.8 Å². The normalized spacial score (nSPS) is 19.7. The number of amides is 2. The first-order chi connectivity index (χ1) is 14.4. The molecular formula is C22H18F2N4O2. The predicted octanol–water partition coefficient (Wildman–Crippen LogP) is 2.77. The number of fused-ring (bicyclic) bond motifs is 3. The minimum atomic E-state index is -1.02. The number of hydrogen-bond acceptors (Lipinski definition) is 3. The van der Waals surface area contributed by atoms with E-state index in [2.05, 4.69) is 10.4 Å². The monoisotopic (exact) mass is 408 g/mol. The van der Waals surface area contributed by atoms with E-state index in [9.17, 15) is 18.4 Å². The van der Waals surface area contributed by atoms with Gasteiger partial charge in [0.15, 0.2) is 11.5 Å². The van der Waals surface area contributed by atoms with Gasteiger partial charge in [0, 0.05) is 17.5 Å². The van der Waals surface area contributed by atoms with Gasteiger partial charge < -0.3 is 11.1 Å². The molecule has 2 aliphatic rings. The van der Waals surface area contributed by atoms with Gasteiger partial charge in [-0.15, -0.1) is 0 Å². The van der Waals surface area contributed by atoms with Crippen molar-refractivity contribution >= 4 is 11.8 Å². The van der Waals surface area contributed by atoms with Crippen LogP contribution in [0.25, 0.3) is 5.69 Å². The van der Waals surface area contributed by atoms with E-state index in [1.807, 2.05) is 0 Å². The molecule has 1 heterocycles. The predicted molar refractivity (Wildman–Crippen MR) is 104 cm³/mol. The maximum Gasteiger partial charge on any atom is 0.272 e. The van der Waals surface area contributed by atoms with Gasteiger partial charge in [-0.25, -0.2) is 13.5 Å². The molecule has 0 aliphatic heterocycles. The third kappa shape index (κ3) is 2.96. The molecule has 3 N–H and O–H groups in total. The lowest BCUT2D eigenvalue weighted by Crippen LogP contribution is -2.38. The van der Waals surface area contributed by atoms with Gasteiger partial charge in [0.1, 0.15) is 17.5 Å². The Bertz CT molecular complexity index is 1180. The van der Waals surface area contributed by atoms with Crippen molar-refractivity contribution in [2.45, 2.75) is 24.8 Å². The van der Waals surface area contributed by atoms with Crippen LogP contribution < -0.4 is 11.1 Å². The van der Waals surface area contributed by atoms with Crippen LogP contribution in [-0.4, -0.2) is 21.6 Å². The van der Waals surface area contributed by atoms with Crippen LogP contribution in [0.15, 0.2) is 48.5 Å². The van der Waals surface area contributed by atoms with Crippen molar-refractivity contribution in [3.05, 3.63) is 82.7 Å². The number of rotatable bonds is 5. The first kappa shape index (κ1) is 18.5. The number of nitrogens with zero attached hydrogens (tertiary/aromatic N) is 2. The largest absolute Gasteiger partial charge is 0.368 e. The summed E-state index contributed by atoms with van der Waals surface area (Å²) in [4.78, 5) is 25.0. The van der Waals surface area contributed by atoms with Gasteiger partial charge in [-0.05, 0) is 36.5 Å². The second-order valence-corrected chi connectivity index (χ2v) is 7.75. The van der Waals surface area contributed by atoms with Crippen LogP contribution in [0.3, 0.4) is 0 Å². The third-order valence-corrected chi connectivity index (χ3v) is 5.81. The molecule has 6 nitrogen and oxygen atoms in total. The van der Waals surface area contributed by atoms with Crippen molar-refractivity contribution in [1.82, 2.24) is 15.1 Å². The summed E-state index contributed by atoms with van der Waals surface area (Å²) in [5.74, 6) is -2.08. The maximum absolute atomic E-state index is 14.4. The number of halogens is 2. The molecule has 1 aromatic heterocycles. The van der Waals surface area contributed by atoms with Crippen molar-refractivity contribution < 1.29 is 18.4 Å². The summed E-state index contributed by atoms with van der Waals surface area (Å²) in [6.45, 7) is 0. The summed E-state index contributed by atoms with van der Waals surface area (Å²) < 4.78 is 29.2. The second kappa shape index (κ2) is 6.76. The Morgan fingerprint density at radius 3 is 2.63 bits per heavy atom. The standard InChI is InChI=1S/C22H18F2N4O2/c23-13-6-7-17(16(24)10-13)28-20-14-8-12(14)9-15(20)19(27-28)22(30)26-18(21(25)29)11-4-2-1-3-5-11/h1-7,10,12,14,18H,8-9H2,(H2,25,29)(H,26,30)/t12-,14-,18+/m1/s1. The van der Waals surface area contributed by atoms with Crippen LogP contribution in [0.4, 0.5) is 8.78 Å². The Morgan fingerprint density at radius 1 is 1.17 bits per heavy atom. The van der Waals surface area contributed by atoms with E-state index in [4.69, 9.17) is 5.73 Å². The Kier molecular flexibility index (Phi) is 4.16. The molecule has 1 fully saturated rings. The fourth-order valence-corrected chi connectivity index (χ4v) is 4.30. The van der Waals surface area contributed by atoms with E-state index in [0.29, 0.717) is 17.9 Å². The van der Waals surface area contributed by atoms with E-state index in [1.165, 1.54) is 10.7 Å². The first-order valence-electron chi connectivity index (χ1n) is 9.66. The molecule has 8 heteroatoms. The lowest BCUT2D eigenvalue weighted by molar-refractivity contribution is -0.120. The van der Waals surface area contributed by atoms with Gasteiger partial charge in [0.2, 0.25) is 5.91 Å². The van der Waals surface area contributed by atoms with Crippen LogP contribution in [0.2, 0.25) is 0 Å². The summed E-state index contributed by atoms with van der Waals surface area (Å²) in [5.41, 5.74) is 7.82. The van der Waals surface area contributed by atoms with E-state index in [1.54, 1.807) is 30.3 Å². The first-order valence-corrected chi connectivity index (χ1v) is 9.66. The Morgan fingerprint density at radius 2 is 1.93 bits per heavy atom. The lowest BCUT2D eigenvalue weighted by atomic mass is 10.1. The average molecular weight is 408 g/mol. The van der Waals surface area contributed by atoms with Crippen molar-refractivity contribution in [2.24, 2.45) is 11.7 Å². The van der Waals surface area contributed by atoms with Crippen LogP contribution in [-0.2, 0) is 11.2 Å². The third-order valence-electron chi connectivity index (χ3n) is 5.81. The van der Waals surface area contributed by atoms with Gasteiger partial charge in [0.05, 0.1) is 5.69 Å². The molecule has 2 aliphatic carbocycles. The molecule has 2 amide bonds. The molecule has 2 aromatic carbocycles. The molecular weight excluding hydrogens is 390 g/mol. The van der Waals surface area contributed by atoms with Crippen molar-refractivity contribution in [3.63, 3.8) is 0 Å². The molecule has 3 atom stereocenters. The molecule has 0 saturated heterocycles. The smallest absolute Gasteiger partial charge is 0.272 e. The van der Waals surface area contributed by atoms with Crippen molar-refractivity contribution in [1.29, 1.82) is 0 Å². The van der Waals surface area contributed by atoms with Crippen LogP contribution in [0.5, 0.6) is 0 Å². The number of nitrogens with one attached hydrogen (secondary N) is 1. The summed E-state index contributed by atoms with van der Waals surface area (Å²) in [6, 6.07) is 10.9. The van der Waals surface area contributed by atoms with Crippen LogP contribution >= 0.6 is 0 Å². The zero-order valence-electron chi connectivity index (χ0n) is 15.8. The molecule has 0 bridgehead atoms. The van der Waals surface area contributed by atoms with E-state index < -0.39 is 29.5 Å². The fraction of sp³-hybridized carbons (Fsp3) is 0.227. The molecule has 5 rings (SSSR count).